The summed E-state index contributed by atoms with van der Waals surface area (Å²) in [5.41, 5.74) is 3.00. The largest absolute Gasteiger partial charge is 0.361 e. The van der Waals surface area contributed by atoms with E-state index in [-0.39, 0.29) is 27.4 Å². The van der Waals surface area contributed by atoms with Crippen molar-refractivity contribution < 1.29 is 9.59 Å². The SMILES string of the molecule is Cc1ccccc1C(=O)C(C=O)Nc1cc2c(s1)-c1sc(N=c3c(=O)c4ccccc4c3=O)cc1C21CCCCC1. The molecule has 2 aromatic heterocycles. The lowest BCUT2D eigenvalue weighted by Gasteiger charge is -2.34. The van der Waals surface area contributed by atoms with Gasteiger partial charge in [0.1, 0.15) is 17.3 Å². The van der Waals surface area contributed by atoms with Gasteiger partial charge >= 0.3 is 0 Å². The minimum absolute atomic E-state index is 0.0267. The van der Waals surface area contributed by atoms with Gasteiger partial charge < -0.3 is 10.1 Å². The van der Waals surface area contributed by atoms with Crippen molar-refractivity contribution in [2.45, 2.75) is 50.5 Å². The maximum absolute atomic E-state index is 13.2. The number of benzene rings is 2. The fraction of sp³-hybridized carbons (Fsp3) is 0.242. The standard InChI is InChI=1S/C33H26N2O4S2/c1-18-9-3-4-10-19(18)28(37)24(17-36)34-25-15-22-31(40-25)32-23(33(22)13-7-2-8-14-33)16-26(41-32)35-27-29(38)20-11-5-6-12-21(20)30(27)39/h3-6,9-12,15-17,24,34H,2,7-8,13-14H2,1H3. The van der Waals surface area contributed by atoms with Gasteiger partial charge in [-0.05, 0) is 48.6 Å². The van der Waals surface area contributed by atoms with Crippen molar-refractivity contribution in [3.63, 3.8) is 0 Å². The van der Waals surface area contributed by atoms with Crippen molar-refractivity contribution in [2.24, 2.45) is 4.99 Å². The lowest BCUT2D eigenvalue weighted by molar-refractivity contribution is -0.107. The molecule has 0 amide bonds. The number of carbonyl (C=O) groups excluding carboxylic acids is 2. The number of nitrogens with zero attached hydrogens (tertiary/aromatic N) is 1. The minimum atomic E-state index is -0.983. The van der Waals surface area contributed by atoms with E-state index in [9.17, 15) is 19.2 Å². The molecule has 7 rings (SSSR count). The van der Waals surface area contributed by atoms with Crippen LogP contribution < -0.4 is 21.5 Å². The van der Waals surface area contributed by atoms with Gasteiger partial charge in [0, 0.05) is 21.8 Å². The third-order valence-corrected chi connectivity index (χ3v) is 10.9. The van der Waals surface area contributed by atoms with E-state index in [2.05, 4.69) is 22.4 Å². The van der Waals surface area contributed by atoms with Gasteiger partial charge in [-0.25, -0.2) is 4.99 Å². The number of carbonyl (C=O) groups is 2. The fourth-order valence-electron chi connectivity index (χ4n) is 6.56. The number of aldehydes is 1. The van der Waals surface area contributed by atoms with Crippen molar-refractivity contribution in [3.8, 4) is 9.75 Å². The van der Waals surface area contributed by atoms with Crippen molar-refractivity contribution in [2.75, 3.05) is 5.32 Å². The molecular formula is C33H26N2O4S2. The molecule has 2 heterocycles. The normalized spacial score (nSPS) is 15.9. The second-order valence-electron chi connectivity index (χ2n) is 10.9. The highest BCUT2D eigenvalue weighted by Crippen LogP contribution is 2.62. The number of anilines is 1. The van der Waals surface area contributed by atoms with E-state index in [1.165, 1.54) is 28.9 Å². The zero-order chi connectivity index (χ0) is 28.3. The second-order valence-corrected chi connectivity index (χ2v) is 13.0. The van der Waals surface area contributed by atoms with Crippen LogP contribution in [0.4, 0.5) is 10.0 Å². The van der Waals surface area contributed by atoms with Gasteiger partial charge in [0.25, 0.3) is 0 Å². The summed E-state index contributed by atoms with van der Waals surface area (Å²) in [7, 11) is 0. The Labute approximate surface area is 243 Å². The first-order chi connectivity index (χ1) is 19.9. The Morgan fingerprint density at radius 1 is 0.902 bits per heavy atom. The fourth-order valence-corrected chi connectivity index (χ4v) is 9.05. The average Bonchev–Trinajstić information content (AvgIpc) is 3.72. The molecular weight excluding hydrogens is 553 g/mol. The van der Waals surface area contributed by atoms with Crippen LogP contribution in [0.25, 0.3) is 20.5 Å². The molecule has 1 unspecified atom stereocenters. The molecule has 3 aromatic carbocycles. The van der Waals surface area contributed by atoms with Gasteiger partial charge in [-0.2, -0.15) is 0 Å². The molecule has 6 nitrogen and oxygen atoms in total. The number of rotatable bonds is 6. The van der Waals surface area contributed by atoms with E-state index in [4.69, 9.17) is 0 Å². The van der Waals surface area contributed by atoms with E-state index in [1.54, 1.807) is 47.7 Å². The highest BCUT2D eigenvalue weighted by molar-refractivity contribution is 7.26. The van der Waals surface area contributed by atoms with Crippen molar-refractivity contribution in [1.82, 2.24) is 0 Å². The molecule has 1 atom stereocenters. The van der Waals surface area contributed by atoms with Crippen molar-refractivity contribution in [1.29, 1.82) is 0 Å². The van der Waals surface area contributed by atoms with Crippen LogP contribution in [0.2, 0.25) is 0 Å². The van der Waals surface area contributed by atoms with Gasteiger partial charge in [0.2, 0.25) is 10.9 Å². The Morgan fingerprint density at radius 2 is 1.54 bits per heavy atom. The van der Waals surface area contributed by atoms with Crippen LogP contribution in [0.5, 0.6) is 0 Å². The molecule has 2 aliphatic rings. The lowest BCUT2D eigenvalue weighted by Crippen LogP contribution is -2.31. The summed E-state index contributed by atoms with van der Waals surface area (Å²) < 4.78 is 0. The third kappa shape index (κ3) is 4.00. The highest BCUT2D eigenvalue weighted by Gasteiger charge is 2.46. The molecule has 1 fully saturated rings. The van der Waals surface area contributed by atoms with Crippen molar-refractivity contribution >= 4 is 55.5 Å². The Hall–Kier alpha value is -4.01. The maximum Gasteiger partial charge on any atom is 0.216 e. The van der Waals surface area contributed by atoms with Crippen LogP contribution in [0, 0.1) is 6.92 Å². The van der Waals surface area contributed by atoms with Gasteiger partial charge in [0.05, 0.1) is 14.8 Å². The Morgan fingerprint density at radius 3 is 2.22 bits per heavy atom. The van der Waals surface area contributed by atoms with E-state index < -0.39 is 6.04 Å². The molecule has 0 radical (unpaired) electrons. The van der Waals surface area contributed by atoms with Crippen LogP contribution in [-0.2, 0) is 10.2 Å². The van der Waals surface area contributed by atoms with Crippen LogP contribution in [-0.4, -0.2) is 18.1 Å². The number of fused-ring (bicyclic) bond motifs is 6. The third-order valence-electron chi connectivity index (χ3n) is 8.59. The van der Waals surface area contributed by atoms with E-state index in [0.717, 1.165) is 46.0 Å². The molecule has 1 saturated carbocycles. The monoisotopic (exact) mass is 578 g/mol. The van der Waals surface area contributed by atoms with Gasteiger partial charge in [-0.1, -0.05) is 67.8 Å². The summed E-state index contributed by atoms with van der Waals surface area (Å²) in [5.74, 6) is -0.249. The van der Waals surface area contributed by atoms with E-state index >= 15 is 0 Å². The number of aryl methyl sites for hydroxylation is 1. The average molecular weight is 579 g/mol. The number of nitrogens with one attached hydrogen (secondary N) is 1. The zero-order valence-electron chi connectivity index (χ0n) is 22.4. The molecule has 0 saturated heterocycles. The minimum Gasteiger partial charge on any atom is -0.361 e. The number of hydrogen-bond donors (Lipinski definition) is 1. The molecule has 204 valence electrons. The molecule has 2 aliphatic carbocycles. The smallest absolute Gasteiger partial charge is 0.216 e. The van der Waals surface area contributed by atoms with E-state index in [0.29, 0.717) is 27.6 Å². The Bertz CT molecular complexity index is 1970. The topological polar surface area (TPSA) is 92.7 Å². The summed E-state index contributed by atoms with van der Waals surface area (Å²) >= 11 is 3.04. The van der Waals surface area contributed by atoms with Gasteiger partial charge in [-0.15, -0.1) is 22.7 Å². The van der Waals surface area contributed by atoms with Crippen LogP contribution in [0.1, 0.15) is 59.2 Å². The van der Waals surface area contributed by atoms with Gasteiger partial charge in [-0.3, -0.25) is 14.4 Å². The first-order valence-electron chi connectivity index (χ1n) is 13.8. The van der Waals surface area contributed by atoms with Crippen LogP contribution >= 0.6 is 22.7 Å². The number of hydrogen-bond acceptors (Lipinski definition) is 8. The molecule has 0 aliphatic heterocycles. The zero-order valence-corrected chi connectivity index (χ0v) is 24.0. The Kier molecular flexibility index (Phi) is 6.21. The first kappa shape index (κ1) is 25.9. The summed E-state index contributed by atoms with van der Waals surface area (Å²) in [5, 5.41) is 5.43. The maximum atomic E-state index is 13.2. The number of Topliss-reactive ketones (excluding diaryl/α,β-unsaturated/α-hetero) is 1. The summed E-state index contributed by atoms with van der Waals surface area (Å²) in [6.45, 7) is 1.87. The Balaban J connectivity index is 1.30. The highest BCUT2D eigenvalue weighted by atomic mass is 32.1. The van der Waals surface area contributed by atoms with Crippen LogP contribution in [0.15, 0.2) is 75.2 Å². The molecule has 1 spiro atoms. The second kappa shape index (κ2) is 9.82. The number of thiophene rings is 2. The molecule has 5 aromatic rings. The lowest BCUT2D eigenvalue weighted by atomic mass is 9.68. The summed E-state index contributed by atoms with van der Waals surface area (Å²) in [6, 6.07) is 17.4. The summed E-state index contributed by atoms with van der Waals surface area (Å²) in [4.78, 5) is 58.1. The molecule has 41 heavy (non-hydrogen) atoms. The molecule has 8 heteroatoms. The summed E-state index contributed by atoms with van der Waals surface area (Å²) in [6.07, 6.45) is 6.06. The van der Waals surface area contributed by atoms with E-state index in [1.807, 2.05) is 19.1 Å². The first-order valence-corrected chi connectivity index (χ1v) is 15.4. The van der Waals surface area contributed by atoms with Crippen molar-refractivity contribution in [3.05, 3.63) is 109 Å². The predicted molar refractivity (Wildman–Crippen MR) is 165 cm³/mol. The predicted octanol–water partition coefficient (Wildman–Crippen LogP) is 6.19. The quantitative estimate of drug-likeness (QED) is 0.147. The van der Waals surface area contributed by atoms with Crippen LogP contribution in [0.3, 0.4) is 0 Å². The molecule has 0 bridgehead atoms. The van der Waals surface area contributed by atoms with Gasteiger partial charge in [0.15, 0.2) is 11.1 Å². The number of ketones is 1. The molecule has 1 N–H and O–H groups in total.